The van der Waals surface area contributed by atoms with Gasteiger partial charge in [0.25, 0.3) is 5.91 Å². The molecule has 2 aromatic carbocycles. The molecule has 0 aliphatic carbocycles. The molecule has 0 saturated carbocycles. The number of nitrogens with zero attached hydrogens (tertiary/aromatic N) is 1. The third-order valence-corrected chi connectivity index (χ3v) is 5.11. The van der Waals surface area contributed by atoms with Crippen molar-refractivity contribution in [3.05, 3.63) is 77.1 Å². The van der Waals surface area contributed by atoms with E-state index in [2.05, 4.69) is 0 Å². The van der Waals surface area contributed by atoms with Crippen LogP contribution in [0.25, 0.3) is 0 Å². The first-order chi connectivity index (χ1) is 14.6. The van der Waals surface area contributed by atoms with Gasteiger partial charge in [-0.25, -0.2) is 0 Å². The van der Waals surface area contributed by atoms with Gasteiger partial charge in [0, 0.05) is 20.1 Å². The number of carbonyl (C=O) groups excluding carboxylic acids is 2. The molecule has 1 N–H and O–H groups in total. The molecule has 1 atom stereocenters. The number of aliphatic hydroxyl groups excluding tert-OH is 1. The van der Waals surface area contributed by atoms with Gasteiger partial charge in [0.05, 0.1) is 24.8 Å². The molecule has 1 aliphatic rings. The molecule has 6 heteroatoms. The van der Waals surface area contributed by atoms with Crippen LogP contribution in [0.4, 0.5) is 0 Å². The minimum absolute atomic E-state index is 0.140. The lowest BCUT2D eigenvalue weighted by molar-refractivity contribution is -0.130. The minimum Gasteiger partial charge on any atom is -0.503 e. The summed E-state index contributed by atoms with van der Waals surface area (Å²) in [5.41, 5.74) is 1.89. The zero-order valence-electron chi connectivity index (χ0n) is 17.3. The molecule has 3 rings (SSSR count). The summed E-state index contributed by atoms with van der Waals surface area (Å²) in [6, 6.07) is 16.3. The Morgan fingerprint density at radius 2 is 1.90 bits per heavy atom. The predicted molar refractivity (Wildman–Crippen MR) is 113 cm³/mol. The Morgan fingerprint density at radius 3 is 2.60 bits per heavy atom. The van der Waals surface area contributed by atoms with Crippen LogP contribution in [0.2, 0.25) is 0 Å². The summed E-state index contributed by atoms with van der Waals surface area (Å²) in [6.45, 7) is 2.95. The molecule has 6 nitrogen and oxygen atoms in total. The van der Waals surface area contributed by atoms with E-state index in [9.17, 15) is 14.7 Å². The maximum Gasteiger partial charge on any atom is 0.290 e. The Labute approximate surface area is 176 Å². The van der Waals surface area contributed by atoms with Crippen LogP contribution in [-0.2, 0) is 20.7 Å². The first kappa shape index (κ1) is 21.6. The van der Waals surface area contributed by atoms with E-state index in [0.717, 1.165) is 11.1 Å². The van der Waals surface area contributed by atoms with Gasteiger partial charge in [0.1, 0.15) is 5.75 Å². The molecule has 1 amide bonds. The highest BCUT2D eigenvalue weighted by atomic mass is 16.5. The van der Waals surface area contributed by atoms with E-state index < -0.39 is 17.7 Å². The molecular weight excluding hydrogens is 382 g/mol. The fourth-order valence-electron chi connectivity index (χ4n) is 3.68. The van der Waals surface area contributed by atoms with Gasteiger partial charge >= 0.3 is 0 Å². The fourth-order valence-corrected chi connectivity index (χ4v) is 3.68. The van der Waals surface area contributed by atoms with E-state index in [1.807, 2.05) is 61.5 Å². The number of hydrogen-bond donors (Lipinski definition) is 1. The van der Waals surface area contributed by atoms with Crippen molar-refractivity contribution < 1.29 is 24.2 Å². The lowest BCUT2D eigenvalue weighted by atomic mass is 9.93. The molecular formula is C24H27NO5. The van der Waals surface area contributed by atoms with Gasteiger partial charge in [-0.2, -0.15) is 0 Å². The van der Waals surface area contributed by atoms with Gasteiger partial charge < -0.3 is 19.5 Å². The van der Waals surface area contributed by atoms with E-state index in [1.54, 1.807) is 7.11 Å². The summed E-state index contributed by atoms with van der Waals surface area (Å²) in [6.07, 6.45) is 0.741. The molecule has 0 radical (unpaired) electrons. The van der Waals surface area contributed by atoms with Crippen LogP contribution in [0.3, 0.4) is 0 Å². The number of carbonyl (C=O) groups is 2. The molecule has 0 saturated heterocycles. The van der Waals surface area contributed by atoms with Gasteiger partial charge in [0.2, 0.25) is 0 Å². The zero-order valence-corrected chi connectivity index (χ0v) is 17.3. The summed E-state index contributed by atoms with van der Waals surface area (Å²) in [5.74, 6) is -0.619. The van der Waals surface area contributed by atoms with Crippen LogP contribution in [0.15, 0.2) is 65.9 Å². The Hall–Kier alpha value is -3.12. The van der Waals surface area contributed by atoms with Crippen molar-refractivity contribution in [1.29, 1.82) is 0 Å². The summed E-state index contributed by atoms with van der Waals surface area (Å²) in [5, 5.41) is 10.6. The standard InChI is InChI=1S/C24H27NO5/c1-3-30-19-11-7-10-18(16-19)22-21(23(27)24(28)25(22)14-15-29-2)20(26)13-12-17-8-5-4-6-9-17/h4-11,16,22,27H,3,12-15H2,1-2H3. The minimum atomic E-state index is -0.670. The van der Waals surface area contributed by atoms with Crippen molar-refractivity contribution in [3.8, 4) is 5.75 Å². The molecule has 1 aliphatic heterocycles. The SMILES string of the molecule is CCOc1cccc(C2C(C(=O)CCc3ccccc3)=C(O)C(=O)N2CCOC)c1. The quantitative estimate of drug-likeness (QED) is 0.649. The molecule has 0 spiro atoms. The lowest BCUT2D eigenvalue weighted by Gasteiger charge is -2.27. The normalized spacial score (nSPS) is 16.3. The van der Waals surface area contributed by atoms with Crippen molar-refractivity contribution in [2.45, 2.75) is 25.8 Å². The number of methoxy groups -OCH3 is 1. The maximum absolute atomic E-state index is 13.1. The number of aliphatic hydroxyl groups is 1. The predicted octanol–water partition coefficient (Wildman–Crippen LogP) is 3.63. The summed E-state index contributed by atoms with van der Waals surface area (Å²) in [4.78, 5) is 27.4. The number of aryl methyl sites for hydroxylation is 1. The highest BCUT2D eigenvalue weighted by molar-refractivity contribution is 6.09. The van der Waals surface area contributed by atoms with E-state index in [-0.39, 0.29) is 24.3 Å². The van der Waals surface area contributed by atoms with Crippen LogP contribution in [0, 0.1) is 0 Å². The maximum atomic E-state index is 13.1. The second-order valence-electron chi connectivity index (χ2n) is 7.07. The van der Waals surface area contributed by atoms with Gasteiger partial charge in [-0.15, -0.1) is 0 Å². The number of hydrogen-bond acceptors (Lipinski definition) is 5. The van der Waals surface area contributed by atoms with Crippen molar-refractivity contribution in [1.82, 2.24) is 4.90 Å². The third kappa shape index (κ3) is 4.71. The molecule has 0 bridgehead atoms. The molecule has 0 fully saturated rings. The van der Waals surface area contributed by atoms with E-state index in [4.69, 9.17) is 9.47 Å². The van der Waals surface area contributed by atoms with Gasteiger partial charge in [-0.05, 0) is 36.6 Å². The molecule has 2 aromatic rings. The van der Waals surface area contributed by atoms with E-state index in [0.29, 0.717) is 25.4 Å². The molecule has 0 aromatic heterocycles. The largest absolute Gasteiger partial charge is 0.503 e. The van der Waals surface area contributed by atoms with Crippen molar-refractivity contribution in [2.75, 3.05) is 26.9 Å². The smallest absolute Gasteiger partial charge is 0.290 e. The zero-order chi connectivity index (χ0) is 21.5. The number of rotatable bonds is 10. The van der Waals surface area contributed by atoms with E-state index >= 15 is 0 Å². The van der Waals surface area contributed by atoms with Crippen molar-refractivity contribution in [3.63, 3.8) is 0 Å². The van der Waals surface area contributed by atoms with Crippen LogP contribution in [0.1, 0.15) is 30.5 Å². The number of benzene rings is 2. The Morgan fingerprint density at radius 1 is 1.13 bits per heavy atom. The molecule has 30 heavy (non-hydrogen) atoms. The average Bonchev–Trinajstić information content (AvgIpc) is 3.02. The summed E-state index contributed by atoms with van der Waals surface area (Å²) < 4.78 is 10.7. The van der Waals surface area contributed by atoms with Gasteiger partial charge in [-0.1, -0.05) is 42.5 Å². The Balaban J connectivity index is 1.92. The highest BCUT2D eigenvalue weighted by Crippen LogP contribution is 2.39. The van der Waals surface area contributed by atoms with Crippen LogP contribution < -0.4 is 4.74 Å². The van der Waals surface area contributed by atoms with Gasteiger partial charge in [-0.3, -0.25) is 9.59 Å². The topological polar surface area (TPSA) is 76.1 Å². The Kier molecular flexibility index (Phi) is 7.25. The van der Waals surface area contributed by atoms with Crippen LogP contribution in [-0.4, -0.2) is 48.6 Å². The highest BCUT2D eigenvalue weighted by Gasteiger charge is 2.43. The number of Topliss-reactive ketones (excluding diaryl/α,β-unsaturated/α-hetero) is 1. The molecule has 1 heterocycles. The first-order valence-corrected chi connectivity index (χ1v) is 10.1. The third-order valence-electron chi connectivity index (χ3n) is 5.11. The van der Waals surface area contributed by atoms with E-state index in [1.165, 1.54) is 4.90 Å². The summed E-state index contributed by atoms with van der Waals surface area (Å²) >= 11 is 0. The average molecular weight is 409 g/mol. The lowest BCUT2D eigenvalue weighted by Crippen LogP contribution is -2.34. The van der Waals surface area contributed by atoms with Gasteiger partial charge in [0.15, 0.2) is 11.5 Å². The van der Waals surface area contributed by atoms with Crippen molar-refractivity contribution >= 4 is 11.7 Å². The number of ether oxygens (including phenoxy) is 2. The number of ketones is 1. The molecule has 1 unspecified atom stereocenters. The second kappa shape index (κ2) is 10.1. The molecule has 158 valence electrons. The summed E-state index contributed by atoms with van der Waals surface area (Å²) in [7, 11) is 1.55. The van der Waals surface area contributed by atoms with Crippen LogP contribution >= 0.6 is 0 Å². The first-order valence-electron chi connectivity index (χ1n) is 10.1. The monoisotopic (exact) mass is 409 g/mol. The van der Waals surface area contributed by atoms with Crippen molar-refractivity contribution in [2.24, 2.45) is 0 Å². The Bertz CT molecular complexity index is 922. The second-order valence-corrected chi connectivity index (χ2v) is 7.07. The fraction of sp³-hybridized carbons (Fsp3) is 0.333. The number of amides is 1. The van der Waals surface area contributed by atoms with Crippen LogP contribution in [0.5, 0.6) is 5.75 Å².